The van der Waals surface area contributed by atoms with Crippen LogP contribution in [-0.2, 0) is 35.2 Å². The number of methoxy groups -OCH3 is 2. The van der Waals surface area contributed by atoms with Gasteiger partial charge in [0.25, 0.3) is 0 Å². The van der Waals surface area contributed by atoms with Crippen molar-refractivity contribution in [1.29, 1.82) is 0 Å². The van der Waals surface area contributed by atoms with Crippen molar-refractivity contribution in [3.63, 3.8) is 0 Å². The minimum absolute atomic E-state index is 0.0411. The van der Waals surface area contributed by atoms with Gasteiger partial charge in [0.2, 0.25) is 5.88 Å². The zero-order valence-electron chi connectivity index (χ0n) is 23.8. The number of amides is 1. The van der Waals surface area contributed by atoms with E-state index in [2.05, 4.69) is 10.7 Å². The average Bonchev–Trinajstić information content (AvgIpc) is 2.99. The Balaban J connectivity index is 1.60. The minimum atomic E-state index is -1.03. The van der Waals surface area contributed by atoms with E-state index in [0.29, 0.717) is 31.9 Å². The third-order valence-corrected chi connectivity index (χ3v) is 6.76. The molecular weight excluding hydrogens is 520 g/mol. The van der Waals surface area contributed by atoms with Crippen LogP contribution in [0.1, 0.15) is 57.6 Å². The molecule has 3 aliphatic heterocycles. The third-order valence-electron chi connectivity index (χ3n) is 6.76. The van der Waals surface area contributed by atoms with Crippen LogP contribution in [0.15, 0.2) is 35.7 Å². The zero-order valence-corrected chi connectivity index (χ0v) is 23.8. The van der Waals surface area contributed by atoms with Crippen molar-refractivity contribution >= 4 is 23.4 Å². The quantitative estimate of drug-likeness (QED) is 0.421. The van der Waals surface area contributed by atoms with Gasteiger partial charge < -0.3 is 29.4 Å². The van der Waals surface area contributed by atoms with E-state index < -0.39 is 23.7 Å². The maximum atomic E-state index is 12.9. The number of anilines is 1. The van der Waals surface area contributed by atoms with Crippen LogP contribution in [0.2, 0.25) is 0 Å². The Hall–Kier alpha value is -3.48. The molecule has 4 rings (SSSR count). The number of benzene rings is 1. The number of piperidine rings is 1. The summed E-state index contributed by atoms with van der Waals surface area (Å²) in [6.45, 7) is 6.54. The topological polar surface area (TPSA) is 131 Å². The highest BCUT2D eigenvalue weighted by Gasteiger charge is 2.38. The van der Waals surface area contributed by atoms with Crippen LogP contribution < -0.4 is 10.7 Å². The van der Waals surface area contributed by atoms with Crippen molar-refractivity contribution in [3.8, 4) is 0 Å². The first-order chi connectivity index (χ1) is 19.1. The summed E-state index contributed by atoms with van der Waals surface area (Å²) in [5, 5.41) is 14.8. The van der Waals surface area contributed by atoms with Crippen LogP contribution in [0.4, 0.5) is 10.5 Å². The first-order valence-electron chi connectivity index (χ1n) is 13.5. The van der Waals surface area contributed by atoms with Crippen molar-refractivity contribution in [3.05, 3.63) is 46.9 Å². The molecule has 12 nitrogen and oxygen atoms in total. The van der Waals surface area contributed by atoms with Crippen LogP contribution in [-0.4, -0.2) is 79.1 Å². The molecule has 0 aliphatic carbocycles. The summed E-state index contributed by atoms with van der Waals surface area (Å²) in [6, 6.07) is 4.92. The lowest BCUT2D eigenvalue weighted by atomic mass is 9.96. The molecule has 0 radical (unpaired) electrons. The number of nitrogens with one attached hydrogen (secondary N) is 2. The highest BCUT2D eigenvalue weighted by atomic mass is 16.8. The van der Waals surface area contributed by atoms with E-state index in [1.165, 1.54) is 4.90 Å². The minimum Gasteiger partial charge on any atom is -0.481 e. The number of hydrazine groups is 1. The summed E-state index contributed by atoms with van der Waals surface area (Å²) in [7, 11) is 3.15. The number of carboxylic acid groups (broad SMARTS) is 1. The molecule has 1 amide bonds. The van der Waals surface area contributed by atoms with Crippen LogP contribution in [0.25, 0.3) is 5.70 Å². The number of carboxylic acids is 1. The molecule has 1 fully saturated rings. The monoisotopic (exact) mass is 560 g/mol. The fourth-order valence-corrected chi connectivity index (χ4v) is 5.01. The lowest BCUT2D eigenvalue weighted by molar-refractivity contribution is -0.209. The number of likely N-dealkylation sites (tertiary alicyclic amines) is 1. The number of aliphatic carboxylic acids is 1. The molecule has 12 heteroatoms. The van der Waals surface area contributed by atoms with Gasteiger partial charge in [-0.25, -0.2) is 19.9 Å². The maximum Gasteiger partial charge on any atom is 0.411 e. The highest BCUT2D eigenvalue weighted by molar-refractivity contribution is 5.80. The van der Waals surface area contributed by atoms with E-state index in [4.69, 9.17) is 23.8 Å². The summed E-state index contributed by atoms with van der Waals surface area (Å²) < 4.78 is 22.1. The normalized spacial score (nSPS) is 21.6. The summed E-state index contributed by atoms with van der Waals surface area (Å²) >= 11 is 0. The van der Waals surface area contributed by atoms with Crippen LogP contribution >= 0.6 is 0 Å². The number of hydrogen-bond donors (Lipinski definition) is 3. The molecule has 40 heavy (non-hydrogen) atoms. The first kappa shape index (κ1) is 29.5. The number of hydrogen-bond acceptors (Lipinski definition) is 10. The largest absolute Gasteiger partial charge is 0.481 e. The number of hydroxylamine groups is 1. The van der Waals surface area contributed by atoms with Crippen molar-refractivity contribution in [1.82, 2.24) is 15.5 Å². The van der Waals surface area contributed by atoms with Gasteiger partial charge in [0.1, 0.15) is 11.6 Å². The van der Waals surface area contributed by atoms with Crippen LogP contribution in [0, 0.1) is 0 Å². The van der Waals surface area contributed by atoms with Gasteiger partial charge in [-0.3, -0.25) is 4.90 Å². The smallest absolute Gasteiger partial charge is 0.411 e. The number of ether oxygens (including phenoxy) is 4. The second-order valence-electron chi connectivity index (χ2n) is 11.0. The van der Waals surface area contributed by atoms with E-state index >= 15 is 0 Å². The second kappa shape index (κ2) is 12.8. The van der Waals surface area contributed by atoms with Gasteiger partial charge >= 0.3 is 12.1 Å². The second-order valence-corrected chi connectivity index (χ2v) is 11.0. The molecule has 3 N–H and O–H groups in total. The molecular formula is C28H40N4O8. The summed E-state index contributed by atoms with van der Waals surface area (Å²) in [5.41, 5.74) is 7.02. The Bertz CT molecular complexity index is 1150. The van der Waals surface area contributed by atoms with Gasteiger partial charge in [-0.05, 0) is 69.7 Å². The van der Waals surface area contributed by atoms with E-state index in [0.717, 1.165) is 40.9 Å². The van der Waals surface area contributed by atoms with Crippen molar-refractivity contribution in [2.75, 3.05) is 39.5 Å². The molecule has 1 aromatic carbocycles. The first-order valence-corrected chi connectivity index (χ1v) is 13.5. The van der Waals surface area contributed by atoms with Gasteiger partial charge in [0.05, 0.1) is 19.4 Å². The number of carbonyl (C=O) groups is 2. The number of rotatable bonds is 7. The zero-order chi connectivity index (χ0) is 28.9. The van der Waals surface area contributed by atoms with Gasteiger partial charge in [0.15, 0.2) is 6.79 Å². The lowest BCUT2D eigenvalue weighted by Gasteiger charge is -2.38. The molecule has 1 aromatic rings. The summed E-state index contributed by atoms with van der Waals surface area (Å²) in [5.74, 6) is -0.476. The number of allylic oxidation sites excluding steroid dienone is 2. The molecule has 1 saturated heterocycles. The van der Waals surface area contributed by atoms with Crippen LogP contribution in [0.3, 0.4) is 0 Å². The fraction of sp³-hybridized carbons (Fsp3) is 0.571. The fourth-order valence-electron chi connectivity index (χ4n) is 5.01. The standard InChI is InChI=1S/C28H40N4O8/c1-28(2,3)40-27(35)31-15-21(9-11-23(31)26(33)34)29-20-8-10-22-19(13-20)16-38-12-6-7-18-14-24(37-5)30-32(25(18)22)39-17-36-4/h8,10,13-14,21,23,29-30H,6-7,9,11-12,15-17H2,1-5H3,(H,33,34)/t21-,23+/m1/s1. The Kier molecular flexibility index (Phi) is 9.44. The Morgan fingerprint density at radius 3 is 2.73 bits per heavy atom. The number of carbonyl (C=O) groups excluding carboxylic acids is 1. The van der Waals surface area contributed by atoms with Gasteiger partial charge in [-0.15, -0.1) is 0 Å². The van der Waals surface area contributed by atoms with Gasteiger partial charge in [-0.1, -0.05) is 6.07 Å². The van der Waals surface area contributed by atoms with Crippen molar-refractivity contribution in [2.24, 2.45) is 0 Å². The van der Waals surface area contributed by atoms with Crippen molar-refractivity contribution in [2.45, 2.75) is 70.7 Å². The van der Waals surface area contributed by atoms with E-state index in [1.54, 1.807) is 40.2 Å². The van der Waals surface area contributed by atoms with E-state index in [-0.39, 0.29) is 19.4 Å². The number of fused-ring (bicyclic) bond motifs is 2. The summed E-state index contributed by atoms with van der Waals surface area (Å²) in [4.78, 5) is 31.9. The molecule has 2 atom stereocenters. The Morgan fingerprint density at radius 2 is 2.02 bits per heavy atom. The van der Waals surface area contributed by atoms with E-state index in [1.807, 2.05) is 24.3 Å². The molecule has 0 spiro atoms. The molecule has 0 unspecified atom stereocenters. The average molecular weight is 561 g/mol. The van der Waals surface area contributed by atoms with Gasteiger partial charge in [-0.2, -0.15) is 5.17 Å². The molecule has 0 bridgehead atoms. The molecule has 0 aromatic heterocycles. The predicted octanol–water partition coefficient (Wildman–Crippen LogP) is 3.82. The van der Waals surface area contributed by atoms with Gasteiger partial charge in [0, 0.05) is 43.6 Å². The lowest BCUT2D eigenvalue weighted by Crippen LogP contribution is -2.54. The molecule has 220 valence electrons. The van der Waals surface area contributed by atoms with E-state index in [9.17, 15) is 14.7 Å². The molecule has 3 aliphatic rings. The molecule has 0 saturated carbocycles. The Labute approximate surface area is 234 Å². The third kappa shape index (κ3) is 7.18. The SMILES string of the molecule is COCON1NC(OC)=CC2=C1c1ccc(N[C@@H]3CC[C@@H](C(=O)O)N(C(=O)OC(C)(C)C)C3)cc1COCCC2. The maximum absolute atomic E-state index is 12.9. The molecule has 3 heterocycles. The number of nitrogens with zero attached hydrogens (tertiary/aromatic N) is 2. The predicted molar refractivity (Wildman–Crippen MR) is 146 cm³/mol. The van der Waals surface area contributed by atoms with Crippen molar-refractivity contribution < 1.29 is 38.5 Å². The van der Waals surface area contributed by atoms with Crippen LogP contribution in [0.5, 0.6) is 0 Å². The highest BCUT2D eigenvalue weighted by Crippen LogP contribution is 2.35. The summed E-state index contributed by atoms with van der Waals surface area (Å²) in [6.07, 6.45) is 3.85. The Morgan fingerprint density at radius 1 is 1.23 bits per heavy atom.